The van der Waals surface area contributed by atoms with Gasteiger partial charge in [-0.1, -0.05) is 32.4 Å². The van der Waals surface area contributed by atoms with Crippen molar-refractivity contribution in [1.82, 2.24) is 9.62 Å². The second-order valence-electron chi connectivity index (χ2n) is 8.98. The molecule has 4 rings (SSSR count). The molecule has 0 spiro atoms. The molecule has 5 unspecified atom stereocenters. The van der Waals surface area contributed by atoms with E-state index in [4.69, 9.17) is 19.8 Å². The molecule has 0 heterocycles. The molecule has 2 bridgehead atoms. The van der Waals surface area contributed by atoms with Crippen LogP contribution in [-0.2, 0) is 26.2 Å². The predicted octanol–water partition coefficient (Wildman–Crippen LogP) is 2.79. The maximum Gasteiger partial charge on any atom is 0.414 e. The van der Waals surface area contributed by atoms with Crippen molar-refractivity contribution in [3.8, 4) is 0 Å². The van der Waals surface area contributed by atoms with E-state index in [2.05, 4.69) is 5.32 Å². The summed E-state index contributed by atoms with van der Waals surface area (Å²) in [4.78, 5) is 18.6. The van der Waals surface area contributed by atoms with E-state index in [0.29, 0.717) is 24.0 Å². The number of carboxylic acid groups (broad SMARTS) is 2. The van der Waals surface area contributed by atoms with Crippen LogP contribution in [0.3, 0.4) is 0 Å². The monoisotopic (exact) mass is 466 g/mol. The molecule has 0 saturated heterocycles. The number of aliphatic carboxylic acids is 2. The zero-order chi connectivity index (χ0) is 23.5. The molecule has 3 N–H and O–H groups in total. The number of benzene rings is 1. The van der Waals surface area contributed by atoms with Crippen LogP contribution in [-0.4, -0.2) is 54.0 Å². The van der Waals surface area contributed by atoms with Crippen LogP contribution < -0.4 is 5.32 Å². The van der Waals surface area contributed by atoms with Crippen LogP contribution in [0, 0.1) is 23.7 Å². The first kappa shape index (κ1) is 24.7. The largest absolute Gasteiger partial charge is 0.473 e. The Bertz CT molecular complexity index is 901. The Morgan fingerprint density at radius 2 is 1.56 bits per heavy atom. The van der Waals surface area contributed by atoms with E-state index in [0.717, 1.165) is 30.2 Å². The number of carbonyl (C=O) groups is 2. The lowest BCUT2D eigenvalue weighted by Gasteiger charge is -2.32. The van der Waals surface area contributed by atoms with Gasteiger partial charge in [-0.2, -0.15) is 4.31 Å². The van der Waals surface area contributed by atoms with Crippen LogP contribution in [0.4, 0.5) is 0 Å². The first-order chi connectivity index (χ1) is 15.2. The quantitative estimate of drug-likeness (QED) is 0.528. The van der Waals surface area contributed by atoms with Crippen molar-refractivity contribution in [3.63, 3.8) is 0 Å². The van der Waals surface area contributed by atoms with Crippen molar-refractivity contribution in [1.29, 1.82) is 0 Å². The summed E-state index contributed by atoms with van der Waals surface area (Å²) < 4.78 is 26.7. The molecule has 8 nitrogen and oxygen atoms in total. The highest BCUT2D eigenvalue weighted by Crippen LogP contribution is 2.58. The third-order valence-corrected chi connectivity index (χ3v) is 9.51. The minimum Gasteiger partial charge on any atom is -0.473 e. The molecule has 3 fully saturated rings. The molecule has 1 aromatic carbocycles. The lowest BCUT2D eigenvalue weighted by Crippen LogP contribution is -2.38. The zero-order valence-electron chi connectivity index (χ0n) is 18.7. The maximum atomic E-state index is 12.6. The van der Waals surface area contributed by atoms with E-state index in [9.17, 15) is 8.42 Å². The number of nitrogens with one attached hydrogen (secondary N) is 1. The average molecular weight is 467 g/mol. The molecule has 178 valence electrons. The number of nitrogens with zero attached hydrogens (tertiary/aromatic N) is 1. The van der Waals surface area contributed by atoms with Gasteiger partial charge in [0.15, 0.2) is 0 Å². The van der Waals surface area contributed by atoms with E-state index >= 15 is 0 Å². The van der Waals surface area contributed by atoms with Gasteiger partial charge >= 0.3 is 11.9 Å². The van der Waals surface area contributed by atoms with Gasteiger partial charge in [-0.05, 0) is 67.1 Å². The molecule has 5 atom stereocenters. The van der Waals surface area contributed by atoms with E-state index in [1.54, 1.807) is 12.1 Å². The predicted molar refractivity (Wildman–Crippen MR) is 119 cm³/mol. The number of hydrogen-bond donors (Lipinski definition) is 3. The van der Waals surface area contributed by atoms with Crippen molar-refractivity contribution in [2.75, 3.05) is 13.1 Å². The van der Waals surface area contributed by atoms with E-state index in [1.807, 2.05) is 26.0 Å². The summed E-state index contributed by atoms with van der Waals surface area (Å²) in [6, 6.07) is 8.12. The topological polar surface area (TPSA) is 124 Å². The molecule has 3 aliphatic rings. The van der Waals surface area contributed by atoms with Gasteiger partial charge in [-0.25, -0.2) is 18.0 Å². The minimum absolute atomic E-state index is 0.402. The van der Waals surface area contributed by atoms with Gasteiger partial charge in [0.25, 0.3) is 0 Å². The molecule has 1 aromatic rings. The summed E-state index contributed by atoms with van der Waals surface area (Å²) in [5, 5.41) is 18.6. The van der Waals surface area contributed by atoms with Crippen LogP contribution in [0.1, 0.15) is 51.5 Å². The van der Waals surface area contributed by atoms with Crippen molar-refractivity contribution in [3.05, 3.63) is 29.8 Å². The van der Waals surface area contributed by atoms with Gasteiger partial charge in [0.05, 0.1) is 4.90 Å². The lowest BCUT2D eigenvalue weighted by atomic mass is 9.79. The van der Waals surface area contributed by atoms with Crippen LogP contribution in [0.15, 0.2) is 29.2 Å². The highest BCUT2D eigenvalue weighted by Gasteiger charge is 2.53. The molecule has 32 heavy (non-hydrogen) atoms. The van der Waals surface area contributed by atoms with E-state index in [1.165, 1.54) is 42.0 Å². The summed E-state index contributed by atoms with van der Waals surface area (Å²) >= 11 is 0. The second-order valence-corrected chi connectivity index (χ2v) is 10.9. The van der Waals surface area contributed by atoms with E-state index in [-0.39, 0.29) is 0 Å². The highest BCUT2D eigenvalue weighted by molar-refractivity contribution is 7.89. The fourth-order valence-corrected chi connectivity index (χ4v) is 7.50. The maximum absolute atomic E-state index is 12.6. The molecule has 0 radical (unpaired) electrons. The van der Waals surface area contributed by atoms with Crippen molar-refractivity contribution in [2.45, 2.75) is 63.4 Å². The summed E-state index contributed by atoms with van der Waals surface area (Å²) in [5.74, 6) is 0.210. The van der Waals surface area contributed by atoms with Crippen LogP contribution in [0.25, 0.3) is 0 Å². The third-order valence-electron chi connectivity index (χ3n) is 7.45. The lowest BCUT2D eigenvalue weighted by molar-refractivity contribution is -0.159. The van der Waals surface area contributed by atoms with Gasteiger partial charge < -0.3 is 15.5 Å². The first-order valence-electron chi connectivity index (χ1n) is 11.5. The average Bonchev–Trinajstić information content (AvgIpc) is 3.47. The van der Waals surface area contributed by atoms with Crippen molar-refractivity contribution in [2.24, 2.45) is 23.7 Å². The molecule has 3 saturated carbocycles. The number of rotatable bonds is 7. The molecule has 3 aliphatic carbocycles. The molecule has 9 heteroatoms. The molecule has 0 aromatic heterocycles. The smallest absolute Gasteiger partial charge is 0.414 e. The molecular formula is C23H34N2O6S. The Kier molecular flexibility index (Phi) is 7.95. The highest BCUT2D eigenvalue weighted by atomic mass is 32.2. The number of sulfonamides is 1. The Morgan fingerprint density at radius 1 is 0.969 bits per heavy atom. The summed E-state index contributed by atoms with van der Waals surface area (Å²) in [6.07, 6.45) is 7.15. The Labute approximate surface area is 190 Å². The normalized spacial score (nSPS) is 28.3. The van der Waals surface area contributed by atoms with Crippen LogP contribution >= 0.6 is 0 Å². The van der Waals surface area contributed by atoms with Gasteiger partial charge in [-0.15, -0.1) is 0 Å². The van der Waals surface area contributed by atoms with Crippen LogP contribution in [0.5, 0.6) is 0 Å². The SMILES string of the molecule is CCN(CC)S(=O)(=O)c1ccc(CNC2CC3CC2C2CCCC32)cc1.O=C(O)C(=O)O. The Morgan fingerprint density at radius 3 is 2.12 bits per heavy atom. The molecule has 0 aliphatic heterocycles. The minimum atomic E-state index is -3.35. The number of carboxylic acids is 2. The van der Waals surface area contributed by atoms with Crippen molar-refractivity contribution >= 4 is 22.0 Å². The van der Waals surface area contributed by atoms with E-state index < -0.39 is 22.0 Å². The summed E-state index contributed by atoms with van der Waals surface area (Å²) in [7, 11) is -3.35. The standard InChI is InChI=1S/C21H32N2O2S.C2H2O4/c1-3-23(4-2)26(24,25)17-10-8-15(9-11-17)14-22-21-13-16-12-20(21)19-7-5-6-18(16)19;3-1(4)2(5)6/h8-11,16,18-22H,3-7,12-14H2,1-2H3;(H,3,4)(H,5,6). The Hall–Kier alpha value is -1.97. The third kappa shape index (κ3) is 5.15. The van der Waals surface area contributed by atoms with Gasteiger partial charge in [0, 0.05) is 25.7 Å². The molecular weight excluding hydrogens is 432 g/mol. The zero-order valence-corrected chi connectivity index (χ0v) is 19.6. The second kappa shape index (κ2) is 10.3. The number of hydrogen-bond acceptors (Lipinski definition) is 5. The summed E-state index contributed by atoms with van der Waals surface area (Å²) in [6.45, 7) is 5.62. The van der Waals surface area contributed by atoms with Gasteiger partial charge in [0.2, 0.25) is 10.0 Å². The summed E-state index contributed by atoms with van der Waals surface area (Å²) in [5.41, 5.74) is 1.18. The van der Waals surface area contributed by atoms with Crippen LogP contribution in [0.2, 0.25) is 0 Å². The fourth-order valence-electron chi connectivity index (χ4n) is 6.04. The van der Waals surface area contributed by atoms with Gasteiger partial charge in [0.1, 0.15) is 0 Å². The molecule has 0 amide bonds. The van der Waals surface area contributed by atoms with Gasteiger partial charge in [-0.3, -0.25) is 0 Å². The van der Waals surface area contributed by atoms with Crippen molar-refractivity contribution < 1.29 is 28.2 Å². The number of fused-ring (bicyclic) bond motifs is 5. The Balaban J connectivity index is 0.000000427. The fraction of sp³-hybridized carbons (Fsp3) is 0.652. The first-order valence-corrected chi connectivity index (χ1v) is 12.9.